The maximum atomic E-state index is 13.4. The number of rotatable bonds is 11. The number of nitrogen functional groups attached to an aromatic ring is 1. The Labute approximate surface area is 247 Å². The third-order valence-electron chi connectivity index (χ3n) is 6.84. The number of nitrogens with one attached hydrogen (secondary N) is 1. The van der Waals surface area contributed by atoms with Crippen LogP contribution in [0.15, 0.2) is 47.5 Å². The molecule has 3 amide bonds. The molecule has 0 bridgehead atoms. The summed E-state index contributed by atoms with van der Waals surface area (Å²) in [7, 11) is 4.70. The van der Waals surface area contributed by atoms with Gasteiger partial charge in [-0.1, -0.05) is 12.2 Å². The molecule has 0 aliphatic carbocycles. The third kappa shape index (κ3) is 6.07. The maximum Gasteiger partial charge on any atom is 0.298 e. The van der Waals surface area contributed by atoms with Gasteiger partial charge in [0.05, 0.1) is 31.1 Å². The highest BCUT2D eigenvalue weighted by Gasteiger charge is 2.19. The van der Waals surface area contributed by atoms with Crippen LogP contribution < -0.4 is 37.6 Å². The first-order valence-electron chi connectivity index (χ1n) is 13.4. The van der Waals surface area contributed by atoms with Crippen molar-refractivity contribution in [1.82, 2.24) is 18.9 Å². The zero-order valence-electron chi connectivity index (χ0n) is 24.7. The monoisotopic (exact) mass is 589 g/mol. The maximum absolute atomic E-state index is 13.4. The molecule has 43 heavy (non-hydrogen) atoms. The molecule has 0 spiro atoms. The molecule has 226 valence electrons. The van der Waals surface area contributed by atoms with E-state index in [0.717, 1.165) is 0 Å². The number of nitrogens with zero attached hydrogens (tertiary/aromatic N) is 5. The summed E-state index contributed by atoms with van der Waals surface area (Å²) in [6.07, 6.45) is 3.73. The van der Waals surface area contributed by atoms with Crippen molar-refractivity contribution in [2.24, 2.45) is 23.5 Å². The third-order valence-corrected chi connectivity index (χ3v) is 6.84. The van der Waals surface area contributed by atoms with Crippen LogP contribution in [0.25, 0.3) is 11.0 Å². The smallest absolute Gasteiger partial charge is 0.298 e. The molecule has 2 heterocycles. The lowest BCUT2D eigenvalue weighted by Gasteiger charge is -2.14. The number of primary amides is 2. The van der Waals surface area contributed by atoms with Crippen LogP contribution in [0.5, 0.6) is 11.5 Å². The number of benzene rings is 2. The highest BCUT2D eigenvalue weighted by Crippen LogP contribution is 2.32. The number of allylic oxidation sites excluding steroid dienone is 1. The summed E-state index contributed by atoms with van der Waals surface area (Å²) in [6.45, 7) is 4.85. The lowest BCUT2D eigenvalue weighted by atomic mass is 10.1. The fraction of sp³-hybridized carbons (Fsp3) is 0.276. The number of aryl methyl sites for hydroxylation is 3. The molecule has 4 rings (SSSR count). The first-order chi connectivity index (χ1) is 20.5. The van der Waals surface area contributed by atoms with E-state index in [4.69, 9.17) is 26.7 Å². The van der Waals surface area contributed by atoms with E-state index in [9.17, 15) is 14.4 Å². The summed E-state index contributed by atoms with van der Waals surface area (Å²) in [4.78, 5) is 41.5. The van der Waals surface area contributed by atoms with E-state index in [1.807, 2.05) is 30.6 Å². The van der Waals surface area contributed by atoms with Crippen LogP contribution in [0.1, 0.15) is 43.8 Å². The van der Waals surface area contributed by atoms with Gasteiger partial charge in [-0.25, -0.2) is 0 Å². The zero-order chi connectivity index (χ0) is 31.4. The average Bonchev–Trinajstić information content (AvgIpc) is 3.49. The molecule has 0 saturated carbocycles. The van der Waals surface area contributed by atoms with Gasteiger partial charge in [-0.15, -0.1) is 0 Å². The standard InChI is InChI=1S/C29H35N9O5/c1-6-38-21(11-16(2)35-38)28(41)34-29-36(3)20-13-18(27(32)40)15-23(43-5)25(20)37(29)10-8-7-9-33-24-19(30)12-17(26(31)39)14-22(24)42-4/h7-8,11-15,33H,6,9-10,30H2,1-5H3,(H2,31,39)(H2,32,40)/b8-7+,34-29+. The number of aromatic nitrogens is 4. The van der Waals surface area contributed by atoms with E-state index < -0.39 is 17.7 Å². The van der Waals surface area contributed by atoms with Crippen molar-refractivity contribution in [2.45, 2.75) is 26.9 Å². The van der Waals surface area contributed by atoms with Crippen LogP contribution in [0.2, 0.25) is 0 Å². The Bertz CT molecular complexity index is 1830. The summed E-state index contributed by atoms with van der Waals surface area (Å²) < 4.78 is 16.1. The molecule has 0 aliphatic rings. The van der Waals surface area contributed by atoms with Crippen molar-refractivity contribution < 1.29 is 23.9 Å². The number of fused-ring (bicyclic) bond motifs is 1. The summed E-state index contributed by atoms with van der Waals surface area (Å²) in [5.74, 6) is -0.931. The van der Waals surface area contributed by atoms with Crippen molar-refractivity contribution in [2.75, 3.05) is 31.8 Å². The van der Waals surface area contributed by atoms with Crippen molar-refractivity contribution in [3.05, 3.63) is 70.6 Å². The molecule has 0 atom stereocenters. The van der Waals surface area contributed by atoms with Crippen LogP contribution in [0.3, 0.4) is 0 Å². The second-order valence-corrected chi connectivity index (χ2v) is 9.64. The van der Waals surface area contributed by atoms with Gasteiger partial charge in [0.2, 0.25) is 17.4 Å². The molecule has 2 aromatic carbocycles. The molecule has 4 aromatic rings. The Kier molecular flexibility index (Phi) is 8.88. The Morgan fingerprint density at radius 3 is 2.28 bits per heavy atom. The first-order valence-corrected chi connectivity index (χ1v) is 13.4. The number of imidazole rings is 1. The predicted molar refractivity (Wildman–Crippen MR) is 162 cm³/mol. The second-order valence-electron chi connectivity index (χ2n) is 9.64. The molecule has 0 unspecified atom stereocenters. The van der Waals surface area contributed by atoms with Gasteiger partial charge in [0.15, 0.2) is 0 Å². The molecule has 0 fully saturated rings. The number of anilines is 2. The SMILES string of the molecule is CCn1nc(C)cc1C(=O)/N=c1\n(C)c2cc(C(N)=O)cc(OC)c2n1C/C=C/CNc1c(N)cc(C(N)=O)cc1OC. The molecule has 0 aliphatic heterocycles. The average molecular weight is 590 g/mol. The van der Waals surface area contributed by atoms with E-state index >= 15 is 0 Å². The van der Waals surface area contributed by atoms with Crippen LogP contribution in [0.4, 0.5) is 11.4 Å². The molecular formula is C29H35N9O5. The number of methoxy groups -OCH3 is 2. The molecule has 7 N–H and O–H groups in total. The Balaban J connectivity index is 1.74. The molecule has 14 nitrogen and oxygen atoms in total. The van der Waals surface area contributed by atoms with E-state index in [-0.39, 0.29) is 17.7 Å². The lowest BCUT2D eigenvalue weighted by molar-refractivity contribution is 0.0980. The Morgan fingerprint density at radius 1 is 1.00 bits per heavy atom. The fourth-order valence-electron chi connectivity index (χ4n) is 4.78. The highest BCUT2D eigenvalue weighted by molar-refractivity contribution is 5.99. The van der Waals surface area contributed by atoms with Crippen LogP contribution in [-0.4, -0.2) is 57.4 Å². The minimum absolute atomic E-state index is 0.235. The second kappa shape index (κ2) is 12.5. The van der Waals surface area contributed by atoms with Gasteiger partial charge in [-0.2, -0.15) is 10.1 Å². The molecule has 0 radical (unpaired) electrons. The molecule has 2 aromatic heterocycles. The Hall–Kier alpha value is -5.53. The van der Waals surface area contributed by atoms with E-state index in [1.54, 1.807) is 34.5 Å². The normalized spacial score (nSPS) is 11.8. The fourth-order valence-corrected chi connectivity index (χ4v) is 4.78. The van der Waals surface area contributed by atoms with Gasteiger partial charge < -0.3 is 41.1 Å². The van der Waals surface area contributed by atoms with Gasteiger partial charge >= 0.3 is 0 Å². The molecular weight excluding hydrogens is 554 g/mol. The van der Waals surface area contributed by atoms with Crippen LogP contribution >= 0.6 is 0 Å². The van der Waals surface area contributed by atoms with Gasteiger partial charge in [0.1, 0.15) is 28.4 Å². The predicted octanol–water partition coefficient (Wildman–Crippen LogP) is 1.71. The van der Waals surface area contributed by atoms with Gasteiger partial charge in [-0.3, -0.25) is 19.1 Å². The van der Waals surface area contributed by atoms with Gasteiger partial charge in [-0.05, 0) is 44.2 Å². The molecule has 0 saturated heterocycles. The van der Waals surface area contributed by atoms with E-state index in [1.165, 1.54) is 26.4 Å². The van der Waals surface area contributed by atoms with E-state index in [2.05, 4.69) is 15.4 Å². The van der Waals surface area contributed by atoms with Crippen molar-refractivity contribution in [3.63, 3.8) is 0 Å². The van der Waals surface area contributed by atoms with E-state index in [0.29, 0.717) is 64.0 Å². The number of hydrogen-bond acceptors (Lipinski definition) is 8. The number of amides is 3. The van der Waals surface area contributed by atoms with Crippen LogP contribution in [0, 0.1) is 6.92 Å². The lowest BCUT2D eigenvalue weighted by Crippen LogP contribution is -2.26. The number of nitrogens with two attached hydrogens (primary N) is 3. The largest absolute Gasteiger partial charge is 0.494 e. The van der Waals surface area contributed by atoms with Crippen LogP contribution in [-0.2, 0) is 20.1 Å². The summed E-state index contributed by atoms with van der Waals surface area (Å²) in [5, 5.41) is 7.54. The zero-order valence-corrected chi connectivity index (χ0v) is 24.7. The number of carbonyl (C=O) groups excluding carboxylic acids is 3. The number of ether oxygens (including phenoxy) is 2. The number of hydrogen-bond donors (Lipinski definition) is 4. The van der Waals surface area contributed by atoms with Crippen molar-refractivity contribution >= 4 is 40.1 Å². The number of carbonyl (C=O) groups is 3. The Morgan fingerprint density at radius 2 is 1.65 bits per heavy atom. The van der Waals surface area contributed by atoms with Gasteiger partial charge in [0, 0.05) is 37.8 Å². The molecule has 14 heteroatoms. The first kappa shape index (κ1) is 30.4. The van der Waals surface area contributed by atoms with Gasteiger partial charge in [0.25, 0.3) is 5.91 Å². The highest BCUT2D eigenvalue weighted by atomic mass is 16.5. The quantitative estimate of drug-likeness (QED) is 0.150. The summed E-state index contributed by atoms with van der Waals surface area (Å²) in [5.41, 5.74) is 21.0. The minimum Gasteiger partial charge on any atom is -0.494 e. The van der Waals surface area contributed by atoms with Crippen molar-refractivity contribution in [3.8, 4) is 11.5 Å². The minimum atomic E-state index is -0.616. The summed E-state index contributed by atoms with van der Waals surface area (Å²) >= 11 is 0. The van der Waals surface area contributed by atoms with Crippen molar-refractivity contribution in [1.29, 1.82) is 0 Å². The summed E-state index contributed by atoms with van der Waals surface area (Å²) in [6, 6.07) is 7.87. The topological polar surface area (TPSA) is 200 Å².